The molecule has 50 heavy (non-hydrogen) atoms. The third-order valence-electron chi connectivity index (χ3n) is 8.06. The molecule has 0 aliphatic heterocycles. The molecule has 0 aliphatic rings. The summed E-state index contributed by atoms with van der Waals surface area (Å²) in [4.78, 5) is 42.7. The van der Waals surface area contributed by atoms with Crippen LogP contribution in [-0.4, -0.2) is 63.5 Å². The fourth-order valence-electron chi connectivity index (χ4n) is 5.12. The van der Waals surface area contributed by atoms with Gasteiger partial charge in [0.15, 0.2) is 6.10 Å². The monoisotopic (exact) mass is 728 g/mol. The molecule has 0 fully saturated rings. The number of hydrogen-bond acceptors (Lipinski definition) is 8. The maximum Gasteiger partial charge on any atom is 0.469 e. The molecular weight excluding hydrogens is 659 g/mol. The number of ether oxygens (including phenoxy) is 2. The van der Waals surface area contributed by atoms with Crippen LogP contribution in [0.15, 0.2) is 48.6 Å². The minimum absolute atomic E-state index is 0.0192. The predicted octanol–water partition coefficient (Wildman–Crippen LogP) is 9.12. The van der Waals surface area contributed by atoms with Crippen molar-refractivity contribution < 1.29 is 48.2 Å². The average molecular weight is 729 g/mol. The SMILES string of the molecule is CCCCCCCCCCCCCCCC(=O)O[C@H](COC(=O)CCC[C@@H](O)/C=C/C=C\C/C=C\C=C\[C@@H](O)CCCCC)COP(=O)(O)O. The van der Waals surface area contributed by atoms with Crippen molar-refractivity contribution in [2.75, 3.05) is 13.2 Å². The molecular formula is C39H69O10P. The molecule has 290 valence electrons. The first-order chi connectivity index (χ1) is 24.1. The van der Waals surface area contributed by atoms with E-state index in [4.69, 9.17) is 19.3 Å². The molecule has 0 aromatic heterocycles. The van der Waals surface area contributed by atoms with Gasteiger partial charge in [0.25, 0.3) is 0 Å². The molecule has 0 radical (unpaired) electrons. The summed E-state index contributed by atoms with van der Waals surface area (Å²) < 4.78 is 26.2. The zero-order valence-corrected chi connectivity index (χ0v) is 31.9. The molecule has 0 rings (SSSR count). The molecule has 4 N–H and O–H groups in total. The molecule has 11 heteroatoms. The highest BCUT2D eigenvalue weighted by Crippen LogP contribution is 2.36. The molecule has 0 amide bonds. The van der Waals surface area contributed by atoms with Crippen LogP contribution in [0.1, 0.15) is 155 Å². The van der Waals surface area contributed by atoms with Crippen LogP contribution in [0.3, 0.4) is 0 Å². The van der Waals surface area contributed by atoms with E-state index in [9.17, 15) is 24.4 Å². The summed E-state index contributed by atoms with van der Waals surface area (Å²) in [5, 5.41) is 20.0. The second-order valence-electron chi connectivity index (χ2n) is 13.0. The molecule has 0 heterocycles. The number of unbranched alkanes of at least 4 members (excludes halogenated alkanes) is 14. The molecule has 0 aromatic carbocycles. The van der Waals surface area contributed by atoms with Gasteiger partial charge in [0, 0.05) is 12.8 Å². The lowest BCUT2D eigenvalue weighted by Crippen LogP contribution is -2.29. The number of rotatable bonds is 34. The highest BCUT2D eigenvalue weighted by molar-refractivity contribution is 7.46. The van der Waals surface area contributed by atoms with Gasteiger partial charge < -0.3 is 29.5 Å². The van der Waals surface area contributed by atoms with E-state index in [1.807, 2.05) is 30.4 Å². The van der Waals surface area contributed by atoms with Gasteiger partial charge in [0.2, 0.25) is 0 Å². The van der Waals surface area contributed by atoms with Crippen LogP contribution in [0.5, 0.6) is 0 Å². The summed E-state index contributed by atoms with van der Waals surface area (Å²) in [5.41, 5.74) is 0. The Hall–Kier alpha value is -2.07. The van der Waals surface area contributed by atoms with Crippen LogP contribution in [0, 0.1) is 0 Å². The average Bonchev–Trinajstić information content (AvgIpc) is 3.07. The van der Waals surface area contributed by atoms with Crippen molar-refractivity contribution in [1.82, 2.24) is 0 Å². The van der Waals surface area contributed by atoms with Crippen LogP contribution in [-0.2, 0) is 28.2 Å². The van der Waals surface area contributed by atoms with E-state index >= 15 is 0 Å². The lowest BCUT2D eigenvalue weighted by molar-refractivity contribution is -0.161. The Balaban J connectivity index is 4.22. The third kappa shape index (κ3) is 35.7. The highest BCUT2D eigenvalue weighted by atomic mass is 31.2. The van der Waals surface area contributed by atoms with Crippen molar-refractivity contribution in [3.8, 4) is 0 Å². The lowest BCUT2D eigenvalue weighted by atomic mass is 10.0. The first kappa shape index (κ1) is 47.9. The van der Waals surface area contributed by atoms with Crippen LogP contribution in [0.25, 0.3) is 0 Å². The Morgan fingerprint density at radius 3 is 1.58 bits per heavy atom. The zero-order chi connectivity index (χ0) is 37.1. The Morgan fingerprint density at radius 1 is 0.600 bits per heavy atom. The number of aliphatic hydroxyl groups excluding tert-OH is 2. The quantitative estimate of drug-likeness (QED) is 0.0218. The van der Waals surface area contributed by atoms with Crippen molar-refractivity contribution in [2.24, 2.45) is 0 Å². The number of phosphoric acid groups is 1. The molecule has 0 spiro atoms. The Labute approximate surface area is 302 Å². The van der Waals surface area contributed by atoms with E-state index in [1.54, 1.807) is 18.2 Å². The zero-order valence-electron chi connectivity index (χ0n) is 31.0. The van der Waals surface area contributed by atoms with Crippen LogP contribution in [0.2, 0.25) is 0 Å². The van der Waals surface area contributed by atoms with Crippen molar-refractivity contribution in [3.05, 3.63) is 48.6 Å². The van der Waals surface area contributed by atoms with Gasteiger partial charge in [-0.15, -0.1) is 0 Å². The number of hydrogen-bond donors (Lipinski definition) is 4. The summed E-state index contributed by atoms with van der Waals surface area (Å²) in [6.45, 7) is 3.37. The number of aliphatic hydroxyl groups is 2. The van der Waals surface area contributed by atoms with E-state index in [0.29, 0.717) is 25.7 Å². The smallest absolute Gasteiger partial charge is 0.462 e. The highest BCUT2D eigenvalue weighted by Gasteiger charge is 2.23. The van der Waals surface area contributed by atoms with Crippen molar-refractivity contribution in [2.45, 2.75) is 173 Å². The normalized spacial score (nSPS) is 14.3. The summed E-state index contributed by atoms with van der Waals surface area (Å²) in [7, 11) is -4.80. The van der Waals surface area contributed by atoms with E-state index in [2.05, 4.69) is 18.4 Å². The second kappa shape index (κ2) is 34.0. The lowest BCUT2D eigenvalue weighted by Gasteiger charge is -2.18. The topological polar surface area (TPSA) is 160 Å². The van der Waals surface area contributed by atoms with E-state index in [0.717, 1.165) is 44.9 Å². The van der Waals surface area contributed by atoms with Crippen molar-refractivity contribution >= 4 is 19.8 Å². The number of carbonyl (C=O) groups is 2. The van der Waals surface area contributed by atoms with Gasteiger partial charge >= 0.3 is 19.8 Å². The molecule has 0 aliphatic carbocycles. The first-order valence-corrected chi connectivity index (χ1v) is 20.7. The Bertz CT molecular complexity index is 987. The number of carbonyl (C=O) groups excluding carboxylic acids is 2. The molecule has 3 atom stereocenters. The summed E-state index contributed by atoms with van der Waals surface area (Å²) >= 11 is 0. The van der Waals surface area contributed by atoms with Gasteiger partial charge in [-0.1, -0.05) is 159 Å². The minimum Gasteiger partial charge on any atom is -0.462 e. The van der Waals surface area contributed by atoms with Crippen LogP contribution >= 0.6 is 7.82 Å². The van der Waals surface area contributed by atoms with Gasteiger partial charge in [-0.2, -0.15) is 0 Å². The predicted molar refractivity (Wildman–Crippen MR) is 200 cm³/mol. The van der Waals surface area contributed by atoms with Crippen LogP contribution < -0.4 is 0 Å². The number of allylic oxidation sites excluding steroid dienone is 6. The number of phosphoric ester groups is 1. The van der Waals surface area contributed by atoms with E-state index in [1.165, 1.54) is 57.8 Å². The molecule has 0 aromatic rings. The second-order valence-corrected chi connectivity index (χ2v) is 14.2. The number of esters is 2. The Morgan fingerprint density at radius 2 is 1.06 bits per heavy atom. The standard InChI is InChI=1S/C39H69O10P/c1-3-5-7-8-9-10-11-12-13-14-18-21-25-31-39(43)49-37(34-48-50(44,45)46)33-47-38(42)32-26-30-36(41)29-24-20-17-15-16-19-23-28-35(40)27-22-6-4-2/h16-17,19-20,23-24,28-29,35-37,40-41H,3-15,18,21-22,25-27,30-34H2,1-2H3,(H2,44,45,46)/b19-16-,20-17-,28-23+,29-24+/t35-,36-,37+/m0/s1. The summed E-state index contributed by atoms with van der Waals surface area (Å²) in [5.74, 6) is -1.11. The van der Waals surface area contributed by atoms with Gasteiger partial charge in [0.05, 0.1) is 18.8 Å². The van der Waals surface area contributed by atoms with Gasteiger partial charge in [-0.05, 0) is 32.1 Å². The molecule has 0 unspecified atom stereocenters. The maximum absolute atomic E-state index is 12.4. The summed E-state index contributed by atoms with van der Waals surface area (Å²) in [6, 6.07) is 0. The molecule has 0 saturated heterocycles. The van der Waals surface area contributed by atoms with E-state index < -0.39 is 44.7 Å². The van der Waals surface area contributed by atoms with Gasteiger partial charge in [-0.3, -0.25) is 14.1 Å². The van der Waals surface area contributed by atoms with E-state index in [-0.39, 0.29) is 19.4 Å². The third-order valence-corrected chi connectivity index (χ3v) is 8.54. The minimum atomic E-state index is -4.80. The Kier molecular flexibility index (Phi) is 32.6. The molecule has 10 nitrogen and oxygen atoms in total. The van der Waals surface area contributed by atoms with Crippen LogP contribution in [0.4, 0.5) is 0 Å². The largest absolute Gasteiger partial charge is 0.469 e. The molecule has 0 bridgehead atoms. The van der Waals surface area contributed by atoms with Gasteiger partial charge in [0.1, 0.15) is 6.61 Å². The summed E-state index contributed by atoms with van der Waals surface area (Å²) in [6.07, 6.45) is 33.3. The first-order valence-electron chi connectivity index (χ1n) is 19.1. The maximum atomic E-state index is 12.4. The van der Waals surface area contributed by atoms with Gasteiger partial charge in [-0.25, -0.2) is 4.57 Å². The fourth-order valence-corrected chi connectivity index (χ4v) is 5.48. The van der Waals surface area contributed by atoms with Crippen molar-refractivity contribution in [3.63, 3.8) is 0 Å². The fraction of sp³-hybridized carbons (Fsp3) is 0.744. The van der Waals surface area contributed by atoms with Crippen molar-refractivity contribution in [1.29, 1.82) is 0 Å². The molecule has 0 saturated carbocycles.